The van der Waals surface area contributed by atoms with Crippen LogP contribution in [0.15, 0.2) is 24.3 Å². The topological polar surface area (TPSA) is 22.0 Å². The van der Waals surface area contributed by atoms with E-state index in [-0.39, 0.29) is 17.9 Å². The molecule has 0 saturated carbocycles. The van der Waals surface area contributed by atoms with Gasteiger partial charge in [0.1, 0.15) is 11.6 Å². The van der Waals surface area contributed by atoms with Crippen molar-refractivity contribution in [1.82, 2.24) is 4.57 Å². The van der Waals surface area contributed by atoms with E-state index in [0.717, 1.165) is 17.8 Å². The lowest BCUT2D eigenvalue weighted by atomic mass is 10.1. The summed E-state index contributed by atoms with van der Waals surface area (Å²) in [6.07, 6.45) is 0. The van der Waals surface area contributed by atoms with Crippen molar-refractivity contribution in [2.45, 2.75) is 32.7 Å². The molecule has 0 saturated heterocycles. The van der Waals surface area contributed by atoms with E-state index in [9.17, 15) is 13.6 Å². The minimum atomic E-state index is -0.621. The van der Waals surface area contributed by atoms with Crippen molar-refractivity contribution in [2.75, 3.05) is 0 Å². The van der Waals surface area contributed by atoms with Crippen molar-refractivity contribution in [3.63, 3.8) is 0 Å². The predicted octanol–water partition coefficient (Wildman–Crippen LogP) is 4.24. The van der Waals surface area contributed by atoms with Crippen LogP contribution in [-0.4, -0.2) is 15.7 Å². The van der Waals surface area contributed by atoms with Gasteiger partial charge in [0.2, 0.25) is 0 Å². The quantitative estimate of drug-likeness (QED) is 0.611. The summed E-state index contributed by atoms with van der Waals surface area (Å²) in [6, 6.07) is 5.08. The van der Waals surface area contributed by atoms with Gasteiger partial charge in [0, 0.05) is 22.5 Å². The van der Waals surface area contributed by atoms with Gasteiger partial charge in [-0.2, -0.15) is 0 Å². The first kappa shape index (κ1) is 15.7. The maximum Gasteiger partial charge on any atom is 0.182 e. The van der Waals surface area contributed by atoms with Crippen LogP contribution in [0.2, 0.25) is 0 Å². The maximum atomic E-state index is 13.7. The number of hydrogen-bond acceptors (Lipinski definition) is 1. The number of benzene rings is 1. The molecule has 0 radical (unpaired) electrons. The van der Waals surface area contributed by atoms with Gasteiger partial charge in [0.05, 0.1) is 11.9 Å². The van der Waals surface area contributed by atoms with Gasteiger partial charge in [-0.05, 0) is 45.0 Å². The summed E-state index contributed by atoms with van der Waals surface area (Å²) in [7, 11) is 0. The van der Waals surface area contributed by atoms with Gasteiger partial charge in [-0.1, -0.05) is 0 Å². The third-order valence-electron chi connectivity index (χ3n) is 3.54. The second-order valence-electron chi connectivity index (χ2n) is 5.09. The molecule has 1 aromatic heterocycles. The molecule has 2 rings (SSSR count). The zero-order chi connectivity index (χ0) is 15.7. The standard InChI is InChI=1S/C16H16ClF2NO/c1-9-6-14(16(21)10(2)17)11(3)20(9)8-12-7-13(18)4-5-15(12)19/h4-7,10H,8H2,1-3H3. The number of aromatic nitrogens is 1. The molecule has 0 N–H and O–H groups in total. The highest BCUT2D eigenvalue weighted by Crippen LogP contribution is 2.21. The number of carbonyl (C=O) groups excluding carboxylic acids is 1. The third kappa shape index (κ3) is 3.16. The first-order valence-corrected chi connectivity index (χ1v) is 7.04. The van der Waals surface area contributed by atoms with Crippen LogP contribution in [0.25, 0.3) is 0 Å². The van der Waals surface area contributed by atoms with Gasteiger partial charge in [-0.25, -0.2) is 8.78 Å². The zero-order valence-electron chi connectivity index (χ0n) is 12.1. The molecule has 112 valence electrons. The smallest absolute Gasteiger partial charge is 0.182 e. The zero-order valence-corrected chi connectivity index (χ0v) is 12.8. The molecule has 2 nitrogen and oxygen atoms in total. The van der Waals surface area contributed by atoms with E-state index >= 15 is 0 Å². The summed E-state index contributed by atoms with van der Waals surface area (Å²) in [5, 5.41) is -0.621. The second-order valence-corrected chi connectivity index (χ2v) is 5.74. The van der Waals surface area contributed by atoms with E-state index in [0.29, 0.717) is 11.3 Å². The van der Waals surface area contributed by atoms with Gasteiger partial charge in [-0.3, -0.25) is 4.79 Å². The lowest BCUT2D eigenvalue weighted by Crippen LogP contribution is -2.12. The molecule has 0 aliphatic carbocycles. The fraction of sp³-hybridized carbons (Fsp3) is 0.312. The molecule has 0 aliphatic heterocycles. The number of halogens is 3. The van der Waals surface area contributed by atoms with Gasteiger partial charge in [-0.15, -0.1) is 11.6 Å². The van der Waals surface area contributed by atoms with Gasteiger partial charge in [0.25, 0.3) is 0 Å². The minimum absolute atomic E-state index is 0.171. The number of aryl methyl sites for hydroxylation is 1. The molecule has 1 atom stereocenters. The summed E-state index contributed by atoms with van der Waals surface area (Å²) in [5.74, 6) is -1.13. The Hall–Kier alpha value is -1.68. The third-order valence-corrected chi connectivity index (χ3v) is 3.73. The van der Waals surface area contributed by atoms with Crippen LogP contribution in [-0.2, 0) is 6.54 Å². The molecular weight excluding hydrogens is 296 g/mol. The molecule has 21 heavy (non-hydrogen) atoms. The lowest BCUT2D eigenvalue weighted by molar-refractivity contribution is 0.0991. The molecular formula is C16H16ClF2NO. The average molecular weight is 312 g/mol. The predicted molar refractivity (Wildman–Crippen MR) is 79.0 cm³/mol. The number of hydrogen-bond donors (Lipinski definition) is 0. The molecule has 0 fully saturated rings. The SMILES string of the molecule is Cc1cc(C(=O)C(C)Cl)c(C)n1Cc1cc(F)ccc1F. The summed E-state index contributed by atoms with van der Waals surface area (Å²) in [6.45, 7) is 5.38. The Labute approximate surface area is 127 Å². The van der Waals surface area contributed by atoms with Crippen molar-refractivity contribution in [3.8, 4) is 0 Å². The van der Waals surface area contributed by atoms with E-state index in [1.54, 1.807) is 24.5 Å². The van der Waals surface area contributed by atoms with Crippen LogP contribution in [0.1, 0.15) is 34.2 Å². The number of alkyl halides is 1. The first-order valence-electron chi connectivity index (χ1n) is 6.60. The Morgan fingerprint density at radius 2 is 1.95 bits per heavy atom. The summed E-state index contributed by atoms with van der Waals surface area (Å²) >= 11 is 5.83. The van der Waals surface area contributed by atoms with Crippen LogP contribution in [0.4, 0.5) is 8.78 Å². The van der Waals surface area contributed by atoms with E-state index in [4.69, 9.17) is 11.6 Å². The highest BCUT2D eigenvalue weighted by molar-refractivity contribution is 6.33. The van der Waals surface area contributed by atoms with Crippen LogP contribution < -0.4 is 0 Å². The molecule has 2 aromatic rings. The van der Waals surface area contributed by atoms with E-state index in [1.807, 2.05) is 6.92 Å². The maximum absolute atomic E-state index is 13.7. The van der Waals surface area contributed by atoms with Gasteiger partial charge >= 0.3 is 0 Å². The molecule has 0 aliphatic rings. The van der Waals surface area contributed by atoms with Crippen LogP contribution in [0.3, 0.4) is 0 Å². The number of carbonyl (C=O) groups is 1. The highest BCUT2D eigenvalue weighted by Gasteiger charge is 2.20. The Kier molecular flexibility index (Phi) is 4.47. The Morgan fingerprint density at radius 1 is 1.29 bits per heavy atom. The van der Waals surface area contributed by atoms with Crippen molar-refractivity contribution in [2.24, 2.45) is 0 Å². The first-order chi connectivity index (χ1) is 9.81. The van der Waals surface area contributed by atoms with Crippen molar-refractivity contribution < 1.29 is 13.6 Å². The Morgan fingerprint density at radius 3 is 2.57 bits per heavy atom. The Balaban J connectivity index is 2.41. The molecule has 1 heterocycles. The van der Waals surface area contributed by atoms with Gasteiger partial charge < -0.3 is 4.57 Å². The van der Waals surface area contributed by atoms with Crippen LogP contribution >= 0.6 is 11.6 Å². The number of nitrogens with zero attached hydrogens (tertiary/aromatic N) is 1. The number of rotatable bonds is 4. The second kappa shape index (κ2) is 5.98. The molecule has 0 amide bonds. The van der Waals surface area contributed by atoms with Crippen LogP contribution in [0.5, 0.6) is 0 Å². The molecule has 5 heteroatoms. The normalized spacial score (nSPS) is 12.5. The fourth-order valence-electron chi connectivity index (χ4n) is 2.34. The molecule has 0 bridgehead atoms. The Bertz CT molecular complexity index is 692. The molecule has 1 unspecified atom stereocenters. The van der Waals surface area contributed by atoms with Gasteiger partial charge in [0.15, 0.2) is 5.78 Å². The molecule has 1 aromatic carbocycles. The average Bonchev–Trinajstić information content (AvgIpc) is 2.69. The lowest BCUT2D eigenvalue weighted by Gasteiger charge is -2.11. The molecule has 0 spiro atoms. The highest BCUT2D eigenvalue weighted by atomic mass is 35.5. The fourth-order valence-corrected chi connectivity index (χ4v) is 2.46. The van der Waals surface area contributed by atoms with Crippen molar-refractivity contribution in [3.05, 3.63) is 58.4 Å². The van der Waals surface area contributed by atoms with Crippen LogP contribution in [0, 0.1) is 25.5 Å². The summed E-state index contributed by atoms with van der Waals surface area (Å²) < 4.78 is 28.8. The number of ketones is 1. The van der Waals surface area contributed by atoms with E-state index in [1.165, 1.54) is 6.07 Å². The minimum Gasteiger partial charge on any atom is -0.344 e. The van der Waals surface area contributed by atoms with Crippen molar-refractivity contribution in [1.29, 1.82) is 0 Å². The summed E-state index contributed by atoms with van der Waals surface area (Å²) in [4.78, 5) is 12.0. The summed E-state index contributed by atoms with van der Waals surface area (Å²) in [5.41, 5.74) is 2.27. The van der Waals surface area contributed by atoms with Crippen molar-refractivity contribution >= 4 is 17.4 Å². The van der Waals surface area contributed by atoms with E-state index < -0.39 is 17.0 Å². The number of Topliss-reactive ketones (excluding diaryl/α,β-unsaturated/α-hetero) is 1. The largest absolute Gasteiger partial charge is 0.344 e. The van der Waals surface area contributed by atoms with E-state index in [2.05, 4.69) is 0 Å². The monoisotopic (exact) mass is 311 g/mol.